The zero-order valence-corrected chi connectivity index (χ0v) is 7.57. The van der Waals surface area contributed by atoms with Gasteiger partial charge < -0.3 is 15.7 Å². The predicted molar refractivity (Wildman–Crippen MR) is 46.5 cm³/mol. The second kappa shape index (κ2) is 3.73. The Hall–Kier alpha value is -0.550. The molecule has 11 heavy (non-hydrogen) atoms. The van der Waals surface area contributed by atoms with E-state index in [2.05, 4.69) is 25.9 Å². The van der Waals surface area contributed by atoms with Gasteiger partial charge in [0.1, 0.15) is 4.60 Å². The molecule has 0 bridgehead atoms. The number of aryl methyl sites for hydroxylation is 1. The van der Waals surface area contributed by atoms with Crippen LogP contribution in [0.4, 0.5) is 0 Å². The van der Waals surface area contributed by atoms with E-state index >= 15 is 0 Å². The molecule has 5 heteroatoms. The minimum absolute atomic E-state index is 0.177. The van der Waals surface area contributed by atoms with Gasteiger partial charge in [-0.1, -0.05) is 0 Å². The molecule has 1 heterocycles. The Labute approximate surface area is 72.3 Å². The van der Waals surface area contributed by atoms with Gasteiger partial charge in [0, 0.05) is 0 Å². The maximum atomic E-state index is 10.7. The second-order valence-electron chi connectivity index (χ2n) is 2.26. The zero-order valence-electron chi connectivity index (χ0n) is 5.98. The van der Waals surface area contributed by atoms with Crippen molar-refractivity contribution in [2.45, 2.75) is 12.8 Å². The van der Waals surface area contributed by atoms with Gasteiger partial charge >= 0.3 is 5.69 Å². The van der Waals surface area contributed by atoms with E-state index in [0.29, 0.717) is 6.54 Å². The van der Waals surface area contributed by atoms with Crippen molar-refractivity contribution in [3.63, 3.8) is 0 Å². The summed E-state index contributed by atoms with van der Waals surface area (Å²) in [6, 6.07) is 0. The van der Waals surface area contributed by atoms with Crippen molar-refractivity contribution in [3.05, 3.63) is 20.8 Å². The number of imidazole rings is 1. The van der Waals surface area contributed by atoms with Crippen LogP contribution in [0.5, 0.6) is 0 Å². The highest BCUT2D eigenvalue weighted by molar-refractivity contribution is 9.10. The Bertz CT molecular complexity index is 278. The second-order valence-corrected chi connectivity index (χ2v) is 3.06. The fourth-order valence-corrected chi connectivity index (χ4v) is 1.33. The Kier molecular flexibility index (Phi) is 2.90. The normalized spacial score (nSPS) is 10.4. The van der Waals surface area contributed by atoms with Crippen molar-refractivity contribution < 1.29 is 0 Å². The molecule has 4 nitrogen and oxygen atoms in total. The van der Waals surface area contributed by atoms with Gasteiger partial charge in [0.05, 0.1) is 5.69 Å². The van der Waals surface area contributed by atoms with Crippen molar-refractivity contribution in [1.29, 1.82) is 0 Å². The molecule has 0 aliphatic carbocycles. The number of H-pyrrole nitrogens is 2. The molecule has 1 aromatic rings. The first kappa shape index (κ1) is 8.55. The van der Waals surface area contributed by atoms with Crippen LogP contribution in [-0.4, -0.2) is 16.5 Å². The quantitative estimate of drug-likeness (QED) is 0.687. The van der Waals surface area contributed by atoms with Gasteiger partial charge in [-0.15, -0.1) is 0 Å². The summed E-state index contributed by atoms with van der Waals surface area (Å²) in [6.07, 6.45) is 1.68. The van der Waals surface area contributed by atoms with Crippen molar-refractivity contribution in [1.82, 2.24) is 9.97 Å². The van der Waals surface area contributed by atoms with E-state index in [1.807, 2.05) is 0 Å². The summed E-state index contributed by atoms with van der Waals surface area (Å²) in [5, 5.41) is 0. The molecule has 1 rings (SSSR count). The van der Waals surface area contributed by atoms with Crippen molar-refractivity contribution in [2.75, 3.05) is 6.54 Å². The third-order valence-electron chi connectivity index (χ3n) is 1.38. The summed E-state index contributed by atoms with van der Waals surface area (Å²) in [5.74, 6) is 0. The van der Waals surface area contributed by atoms with E-state index < -0.39 is 0 Å². The lowest BCUT2D eigenvalue weighted by atomic mass is 10.2. The largest absolute Gasteiger partial charge is 0.330 e. The lowest BCUT2D eigenvalue weighted by molar-refractivity contribution is 0.811. The van der Waals surface area contributed by atoms with E-state index in [4.69, 9.17) is 5.73 Å². The van der Waals surface area contributed by atoms with Gasteiger partial charge in [-0.05, 0) is 35.3 Å². The number of nitrogens with two attached hydrogens (primary N) is 1. The molecule has 62 valence electrons. The molecular weight excluding hydrogens is 210 g/mol. The molecular formula is C6H10BrN3O. The van der Waals surface area contributed by atoms with Gasteiger partial charge in [0.25, 0.3) is 0 Å². The molecule has 0 saturated heterocycles. The Morgan fingerprint density at radius 1 is 1.45 bits per heavy atom. The Morgan fingerprint density at radius 2 is 2.18 bits per heavy atom. The van der Waals surface area contributed by atoms with Gasteiger partial charge in [0.2, 0.25) is 0 Å². The maximum absolute atomic E-state index is 10.7. The predicted octanol–water partition coefficient (Wildman–Crippen LogP) is 0.357. The lowest BCUT2D eigenvalue weighted by Gasteiger charge is -1.93. The highest BCUT2D eigenvalue weighted by Gasteiger charge is 2.01. The van der Waals surface area contributed by atoms with Crippen LogP contribution in [0.15, 0.2) is 9.40 Å². The number of rotatable bonds is 3. The molecule has 0 aliphatic heterocycles. The monoisotopic (exact) mass is 219 g/mol. The molecule has 4 N–H and O–H groups in total. The van der Waals surface area contributed by atoms with E-state index in [0.717, 1.165) is 23.1 Å². The lowest BCUT2D eigenvalue weighted by Crippen LogP contribution is -2.03. The van der Waals surface area contributed by atoms with Crippen LogP contribution in [0.3, 0.4) is 0 Å². The van der Waals surface area contributed by atoms with Crippen LogP contribution in [0.1, 0.15) is 12.1 Å². The molecule has 0 spiro atoms. The standard InChI is InChI=1S/C6H10BrN3O/c7-5-4(2-1-3-8)9-6(11)10-5/h1-3,8H2,(H2,9,10,11). The zero-order chi connectivity index (χ0) is 8.27. The molecule has 0 saturated carbocycles. The van der Waals surface area contributed by atoms with Gasteiger partial charge in [-0.3, -0.25) is 0 Å². The Morgan fingerprint density at radius 3 is 2.64 bits per heavy atom. The van der Waals surface area contributed by atoms with Crippen LogP contribution in [0, 0.1) is 0 Å². The number of hydrogen-bond donors (Lipinski definition) is 3. The van der Waals surface area contributed by atoms with Crippen molar-refractivity contribution in [3.8, 4) is 0 Å². The van der Waals surface area contributed by atoms with Crippen molar-refractivity contribution in [2.24, 2.45) is 5.73 Å². The van der Waals surface area contributed by atoms with Crippen LogP contribution >= 0.6 is 15.9 Å². The number of aromatic amines is 2. The van der Waals surface area contributed by atoms with Gasteiger partial charge in [0.15, 0.2) is 0 Å². The average Bonchev–Trinajstić information content (AvgIpc) is 2.26. The maximum Gasteiger partial charge on any atom is 0.323 e. The summed E-state index contributed by atoms with van der Waals surface area (Å²) >= 11 is 3.22. The highest BCUT2D eigenvalue weighted by atomic mass is 79.9. The third-order valence-corrected chi connectivity index (χ3v) is 2.06. The van der Waals surface area contributed by atoms with Crippen LogP contribution in [0.25, 0.3) is 0 Å². The molecule has 0 fully saturated rings. The van der Waals surface area contributed by atoms with Crippen LogP contribution < -0.4 is 11.4 Å². The topological polar surface area (TPSA) is 74.7 Å². The van der Waals surface area contributed by atoms with E-state index in [-0.39, 0.29) is 5.69 Å². The molecule has 0 aliphatic rings. The minimum atomic E-state index is -0.177. The molecule has 0 aromatic carbocycles. The highest BCUT2D eigenvalue weighted by Crippen LogP contribution is 2.09. The first-order valence-corrected chi connectivity index (χ1v) is 4.20. The number of halogens is 1. The molecule has 1 aromatic heterocycles. The number of hydrogen-bond acceptors (Lipinski definition) is 2. The number of nitrogens with one attached hydrogen (secondary N) is 2. The summed E-state index contributed by atoms with van der Waals surface area (Å²) in [5.41, 5.74) is 6.03. The summed E-state index contributed by atoms with van der Waals surface area (Å²) in [4.78, 5) is 15.9. The number of aromatic nitrogens is 2. The molecule has 0 radical (unpaired) electrons. The molecule has 0 unspecified atom stereocenters. The van der Waals surface area contributed by atoms with Crippen LogP contribution in [-0.2, 0) is 6.42 Å². The average molecular weight is 220 g/mol. The first-order valence-electron chi connectivity index (χ1n) is 3.40. The van der Waals surface area contributed by atoms with Gasteiger partial charge in [-0.25, -0.2) is 4.79 Å². The smallest absolute Gasteiger partial charge is 0.323 e. The molecule has 0 atom stereocenters. The summed E-state index contributed by atoms with van der Waals surface area (Å²) in [7, 11) is 0. The SMILES string of the molecule is NCCCc1[nH]c(=O)[nH]c1Br. The third kappa shape index (κ3) is 2.20. The minimum Gasteiger partial charge on any atom is -0.330 e. The van der Waals surface area contributed by atoms with Crippen LogP contribution in [0.2, 0.25) is 0 Å². The Balaban J connectivity index is 2.69. The fraction of sp³-hybridized carbons (Fsp3) is 0.500. The van der Waals surface area contributed by atoms with E-state index in [9.17, 15) is 4.79 Å². The van der Waals surface area contributed by atoms with Gasteiger partial charge in [-0.2, -0.15) is 0 Å². The van der Waals surface area contributed by atoms with E-state index in [1.165, 1.54) is 0 Å². The summed E-state index contributed by atoms with van der Waals surface area (Å²) < 4.78 is 0.732. The van der Waals surface area contributed by atoms with E-state index in [1.54, 1.807) is 0 Å². The first-order chi connectivity index (χ1) is 5.24. The fourth-order valence-electron chi connectivity index (χ4n) is 0.849. The molecule has 0 amide bonds. The van der Waals surface area contributed by atoms with Crippen molar-refractivity contribution >= 4 is 15.9 Å². The summed E-state index contributed by atoms with van der Waals surface area (Å²) in [6.45, 7) is 0.639.